The number of anilines is 1. The van der Waals surface area contributed by atoms with Crippen molar-refractivity contribution < 1.29 is 9.13 Å². The van der Waals surface area contributed by atoms with Crippen LogP contribution in [0.5, 0.6) is 5.75 Å². The Kier molecular flexibility index (Phi) is 5.73. The first-order chi connectivity index (χ1) is 16.4. The van der Waals surface area contributed by atoms with Crippen LogP contribution in [0.25, 0.3) is 16.0 Å². The first-order valence-electron chi connectivity index (χ1n) is 11.2. The van der Waals surface area contributed by atoms with Gasteiger partial charge in [0.2, 0.25) is 0 Å². The van der Waals surface area contributed by atoms with Gasteiger partial charge < -0.3 is 9.64 Å². The predicted octanol–water partition coefficient (Wildman–Crippen LogP) is 4.02. The van der Waals surface area contributed by atoms with E-state index in [0.717, 1.165) is 42.2 Å². The minimum atomic E-state index is -0.511. The van der Waals surface area contributed by atoms with Crippen LogP contribution in [0.2, 0.25) is 0 Å². The third-order valence-electron chi connectivity index (χ3n) is 6.42. The quantitative estimate of drug-likeness (QED) is 0.432. The summed E-state index contributed by atoms with van der Waals surface area (Å²) in [6.45, 7) is 5.66. The maximum absolute atomic E-state index is 14.4. The lowest BCUT2D eigenvalue weighted by molar-refractivity contribution is 0.386. The van der Waals surface area contributed by atoms with Crippen LogP contribution >= 0.6 is 11.3 Å². The maximum Gasteiger partial charge on any atom is 0.337 e. The summed E-state index contributed by atoms with van der Waals surface area (Å²) in [4.78, 5) is 34.2. The van der Waals surface area contributed by atoms with Gasteiger partial charge in [0.05, 0.1) is 19.3 Å². The number of hydrogen-bond donors (Lipinski definition) is 0. The average Bonchev–Trinajstić information content (AvgIpc) is 3.50. The standard InChI is InChI=1S/C25H25FN4O3S/c1-15-7-6-8-19(16(15)2)30-23(31)21-22(27-24(34-21)28-11-4-5-12-28)29(25(30)32)14-17-9-10-20(33-3)18(26)13-17/h6-10,13H,4-5,11-12,14H2,1-3H3. The number of benzene rings is 2. The van der Waals surface area contributed by atoms with Crippen LogP contribution < -0.4 is 20.9 Å². The van der Waals surface area contributed by atoms with E-state index in [-0.39, 0.29) is 17.9 Å². The fourth-order valence-electron chi connectivity index (χ4n) is 4.39. The van der Waals surface area contributed by atoms with E-state index in [1.54, 1.807) is 12.1 Å². The largest absolute Gasteiger partial charge is 0.494 e. The van der Waals surface area contributed by atoms with Crippen LogP contribution in [0.1, 0.15) is 29.5 Å². The molecule has 1 fully saturated rings. The van der Waals surface area contributed by atoms with Crippen molar-refractivity contribution in [3.63, 3.8) is 0 Å². The van der Waals surface area contributed by atoms with Gasteiger partial charge >= 0.3 is 5.69 Å². The molecule has 5 rings (SSSR count). The zero-order valence-corrected chi connectivity index (χ0v) is 20.1. The van der Waals surface area contributed by atoms with Crippen LogP contribution in [0, 0.1) is 19.7 Å². The Labute approximate surface area is 199 Å². The van der Waals surface area contributed by atoms with Crippen molar-refractivity contribution in [1.29, 1.82) is 0 Å². The van der Waals surface area contributed by atoms with Gasteiger partial charge in [0.15, 0.2) is 22.3 Å². The topological polar surface area (TPSA) is 69.4 Å². The zero-order chi connectivity index (χ0) is 24.0. The second-order valence-electron chi connectivity index (χ2n) is 8.54. The number of halogens is 1. The van der Waals surface area contributed by atoms with Crippen molar-refractivity contribution in [1.82, 2.24) is 14.1 Å². The number of fused-ring (bicyclic) bond motifs is 1. The molecule has 1 saturated heterocycles. The lowest BCUT2D eigenvalue weighted by Crippen LogP contribution is -2.39. The van der Waals surface area contributed by atoms with Gasteiger partial charge in [-0.25, -0.2) is 18.7 Å². The summed E-state index contributed by atoms with van der Waals surface area (Å²) in [5.74, 6) is -0.380. The molecule has 0 atom stereocenters. The number of aromatic nitrogens is 3. The van der Waals surface area contributed by atoms with Crippen LogP contribution in [0.3, 0.4) is 0 Å². The van der Waals surface area contributed by atoms with Gasteiger partial charge in [-0.15, -0.1) is 0 Å². The second kappa shape index (κ2) is 8.72. The molecular formula is C25H25FN4O3S. The van der Waals surface area contributed by atoms with Gasteiger partial charge in [0.1, 0.15) is 4.70 Å². The van der Waals surface area contributed by atoms with Crippen LogP contribution in [-0.4, -0.2) is 34.3 Å². The molecule has 0 aliphatic carbocycles. The first kappa shape index (κ1) is 22.3. The number of thiazole rings is 1. The van der Waals surface area contributed by atoms with E-state index < -0.39 is 11.5 Å². The molecule has 3 heterocycles. The minimum absolute atomic E-state index is 0.0740. The van der Waals surface area contributed by atoms with Crippen molar-refractivity contribution in [3.05, 3.63) is 79.7 Å². The van der Waals surface area contributed by atoms with E-state index in [1.807, 2.05) is 26.0 Å². The summed E-state index contributed by atoms with van der Waals surface area (Å²) in [6, 6.07) is 10.1. The molecule has 0 amide bonds. The molecular weight excluding hydrogens is 455 g/mol. The Bertz CT molecular complexity index is 1520. The van der Waals surface area contributed by atoms with Crippen molar-refractivity contribution in [2.45, 2.75) is 33.2 Å². The Morgan fingerprint density at radius 2 is 1.88 bits per heavy atom. The molecule has 2 aromatic heterocycles. The van der Waals surface area contributed by atoms with E-state index in [0.29, 0.717) is 21.6 Å². The smallest absolute Gasteiger partial charge is 0.337 e. The average molecular weight is 481 g/mol. The highest BCUT2D eigenvalue weighted by Crippen LogP contribution is 2.29. The molecule has 0 bridgehead atoms. The number of methoxy groups -OCH3 is 1. The second-order valence-corrected chi connectivity index (χ2v) is 9.52. The lowest BCUT2D eigenvalue weighted by atomic mass is 10.1. The highest BCUT2D eigenvalue weighted by atomic mass is 32.1. The summed E-state index contributed by atoms with van der Waals surface area (Å²) >= 11 is 1.31. The van der Waals surface area contributed by atoms with Crippen molar-refractivity contribution >= 4 is 26.8 Å². The molecule has 0 spiro atoms. The molecule has 1 aliphatic rings. The Balaban J connectivity index is 1.76. The zero-order valence-electron chi connectivity index (χ0n) is 19.3. The maximum atomic E-state index is 14.4. The number of aryl methyl sites for hydroxylation is 1. The molecule has 0 unspecified atom stereocenters. The van der Waals surface area contributed by atoms with Crippen molar-refractivity contribution in [2.24, 2.45) is 0 Å². The fraction of sp³-hybridized carbons (Fsp3) is 0.320. The molecule has 2 aromatic carbocycles. The first-order valence-corrected chi connectivity index (χ1v) is 12.0. The van der Waals surface area contributed by atoms with Gasteiger partial charge in [-0.1, -0.05) is 29.5 Å². The molecule has 0 radical (unpaired) electrons. The molecule has 9 heteroatoms. The predicted molar refractivity (Wildman–Crippen MR) is 132 cm³/mol. The molecule has 34 heavy (non-hydrogen) atoms. The Hall–Kier alpha value is -3.46. The molecule has 4 aromatic rings. The van der Waals surface area contributed by atoms with Gasteiger partial charge in [-0.3, -0.25) is 9.36 Å². The third-order valence-corrected chi connectivity index (χ3v) is 7.52. The number of ether oxygens (including phenoxy) is 1. The van der Waals surface area contributed by atoms with E-state index >= 15 is 0 Å². The molecule has 0 saturated carbocycles. The number of hydrogen-bond acceptors (Lipinski definition) is 6. The summed E-state index contributed by atoms with van der Waals surface area (Å²) in [5.41, 5.74) is 2.41. The Morgan fingerprint density at radius 3 is 2.59 bits per heavy atom. The van der Waals surface area contributed by atoms with Gasteiger partial charge in [-0.05, 0) is 61.6 Å². The van der Waals surface area contributed by atoms with E-state index in [1.165, 1.54) is 39.7 Å². The molecule has 1 aliphatic heterocycles. The van der Waals surface area contributed by atoms with Gasteiger partial charge in [0.25, 0.3) is 5.56 Å². The molecule has 0 N–H and O–H groups in total. The van der Waals surface area contributed by atoms with E-state index in [2.05, 4.69) is 4.90 Å². The van der Waals surface area contributed by atoms with E-state index in [4.69, 9.17) is 9.72 Å². The molecule has 176 valence electrons. The number of rotatable bonds is 5. The highest BCUT2D eigenvalue weighted by Gasteiger charge is 2.23. The third kappa shape index (κ3) is 3.69. The summed E-state index contributed by atoms with van der Waals surface area (Å²) in [5, 5.41) is 0.734. The van der Waals surface area contributed by atoms with Gasteiger partial charge in [-0.2, -0.15) is 0 Å². The summed E-state index contributed by atoms with van der Waals surface area (Å²) in [6.07, 6.45) is 2.14. The highest BCUT2D eigenvalue weighted by molar-refractivity contribution is 7.22. The Morgan fingerprint density at radius 1 is 1.12 bits per heavy atom. The van der Waals surface area contributed by atoms with Crippen LogP contribution in [-0.2, 0) is 6.54 Å². The van der Waals surface area contributed by atoms with Crippen molar-refractivity contribution in [3.8, 4) is 11.4 Å². The fourth-order valence-corrected chi connectivity index (χ4v) is 5.44. The monoisotopic (exact) mass is 480 g/mol. The lowest BCUT2D eigenvalue weighted by Gasteiger charge is -2.14. The molecule has 7 nitrogen and oxygen atoms in total. The summed E-state index contributed by atoms with van der Waals surface area (Å²) < 4.78 is 22.5. The minimum Gasteiger partial charge on any atom is -0.494 e. The number of nitrogens with zero attached hydrogens (tertiary/aromatic N) is 4. The van der Waals surface area contributed by atoms with Gasteiger partial charge in [0, 0.05) is 13.1 Å². The van der Waals surface area contributed by atoms with Crippen LogP contribution in [0.15, 0.2) is 46.0 Å². The summed E-state index contributed by atoms with van der Waals surface area (Å²) in [7, 11) is 1.40. The SMILES string of the molecule is COc1ccc(Cn2c(=O)n(-c3cccc(C)c3C)c(=O)c3sc(N4CCCC4)nc32)cc1F. The van der Waals surface area contributed by atoms with Crippen LogP contribution in [0.4, 0.5) is 9.52 Å². The normalized spacial score (nSPS) is 13.7. The van der Waals surface area contributed by atoms with Crippen molar-refractivity contribution in [2.75, 3.05) is 25.1 Å². The van der Waals surface area contributed by atoms with E-state index in [9.17, 15) is 14.0 Å².